The molecule has 12 heavy (non-hydrogen) atoms. The normalized spacial score (nSPS) is 18.1. The van der Waals surface area contributed by atoms with E-state index in [1.165, 1.54) is 0 Å². The van der Waals surface area contributed by atoms with Gasteiger partial charge in [-0.3, -0.25) is 10.1 Å². The van der Waals surface area contributed by atoms with Gasteiger partial charge in [0.15, 0.2) is 0 Å². The second-order valence-corrected chi connectivity index (χ2v) is 2.81. The Bertz CT molecular complexity index is 150. The lowest BCUT2D eigenvalue weighted by Gasteiger charge is -2.20. The van der Waals surface area contributed by atoms with Gasteiger partial charge in [0.2, 0.25) is 5.91 Å². The van der Waals surface area contributed by atoms with E-state index in [1.807, 2.05) is 0 Å². The first kappa shape index (κ1) is 11.4. The van der Waals surface area contributed by atoms with Gasteiger partial charge in [0.1, 0.15) is 6.23 Å². The smallest absolute Gasteiger partial charge is 0.236 e. The van der Waals surface area contributed by atoms with Crippen LogP contribution in [0, 0.1) is 0 Å². The van der Waals surface area contributed by atoms with Crippen LogP contribution in [-0.4, -0.2) is 36.4 Å². The van der Waals surface area contributed by atoms with E-state index in [4.69, 9.17) is 5.73 Å². The molecular formula is C7H17N3O2. The van der Waals surface area contributed by atoms with Crippen LogP contribution in [0.5, 0.6) is 0 Å². The van der Waals surface area contributed by atoms with Crippen molar-refractivity contribution in [3.05, 3.63) is 0 Å². The first-order valence-corrected chi connectivity index (χ1v) is 3.90. The SMILES string of the molecule is CNC(=O)C(C)NC(O)C(C)N. The maximum absolute atomic E-state index is 10.9. The molecule has 5 nitrogen and oxygen atoms in total. The van der Waals surface area contributed by atoms with E-state index in [2.05, 4.69) is 10.6 Å². The summed E-state index contributed by atoms with van der Waals surface area (Å²) in [7, 11) is 1.54. The molecule has 0 fully saturated rings. The second kappa shape index (κ2) is 5.08. The number of rotatable bonds is 4. The van der Waals surface area contributed by atoms with Crippen molar-refractivity contribution in [2.75, 3.05) is 7.05 Å². The van der Waals surface area contributed by atoms with Crippen LogP contribution in [0.15, 0.2) is 0 Å². The summed E-state index contributed by atoms with van der Waals surface area (Å²) >= 11 is 0. The highest BCUT2D eigenvalue weighted by Gasteiger charge is 2.16. The Labute approximate surface area is 72.3 Å². The summed E-state index contributed by atoms with van der Waals surface area (Å²) in [4.78, 5) is 10.9. The van der Waals surface area contributed by atoms with E-state index in [1.54, 1.807) is 20.9 Å². The Kier molecular flexibility index (Phi) is 4.80. The van der Waals surface area contributed by atoms with Crippen molar-refractivity contribution >= 4 is 5.91 Å². The molecular weight excluding hydrogens is 158 g/mol. The molecule has 0 aliphatic heterocycles. The Morgan fingerprint density at radius 3 is 2.33 bits per heavy atom. The van der Waals surface area contributed by atoms with E-state index in [9.17, 15) is 9.90 Å². The van der Waals surface area contributed by atoms with Crippen LogP contribution in [-0.2, 0) is 4.79 Å². The summed E-state index contributed by atoms with van der Waals surface area (Å²) in [5.74, 6) is -0.172. The van der Waals surface area contributed by atoms with Crippen molar-refractivity contribution in [3.8, 4) is 0 Å². The fraction of sp³-hybridized carbons (Fsp3) is 0.857. The Hall–Kier alpha value is -0.650. The molecule has 0 spiro atoms. The van der Waals surface area contributed by atoms with E-state index >= 15 is 0 Å². The second-order valence-electron chi connectivity index (χ2n) is 2.81. The number of aliphatic hydroxyl groups is 1. The highest BCUT2D eigenvalue weighted by molar-refractivity contribution is 5.80. The number of amides is 1. The third-order valence-corrected chi connectivity index (χ3v) is 1.56. The Morgan fingerprint density at radius 1 is 1.50 bits per heavy atom. The zero-order chi connectivity index (χ0) is 9.72. The number of carbonyl (C=O) groups excluding carboxylic acids is 1. The molecule has 0 saturated heterocycles. The fourth-order valence-electron chi connectivity index (χ4n) is 0.700. The molecule has 0 aromatic heterocycles. The molecule has 0 rings (SSSR count). The number of hydrogen-bond donors (Lipinski definition) is 4. The third kappa shape index (κ3) is 3.66. The third-order valence-electron chi connectivity index (χ3n) is 1.56. The van der Waals surface area contributed by atoms with Gasteiger partial charge in [-0.05, 0) is 13.8 Å². The molecule has 0 saturated carbocycles. The van der Waals surface area contributed by atoms with Gasteiger partial charge < -0.3 is 16.2 Å². The molecule has 0 heterocycles. The maximum atomic E-state index is 10.9. The topological polar surface area (TPSA) is 87.4 Å². The number of carbonyl (C=O) groups is 1. The standard InChI is InChI=1S/C7H17N3O2/c1-4(8)6(11)10-5(2)7(12)9-3/h4-6,10-11H,8H2,1-3H3,(H,9,12). The summed E-state index contributed by atoms with van der Waals surface area (Å²) in [5, 5.41) is 14.3. The molecule has 1 amide bonds. The van der Waals surface area contributed by atoms with E-state index in [-0.39, 0.29) is 5.91 Å². The van der Waals surface area contributed by atoms with Crippen LogP contribution in [0.25, 0.3) is 0 Å². The minimum atomic E-state index is -0.850. The summed E-state index contributed by atoms with van der Waals surface area (Å²) in [5.41, 5.74) is 5.38. The molecule has 0 aliphatic carbocycles. The quantitative estimate of drug-likeness (QED) is 0.387. The van der Waals surface area contributed by atoms with E-state index in [0.29, 0.717) is 0 Å². The molecule has 3 unspecified atom stereocenters. The molecule has 0 aromatic carbocycles. The van der Waals surface area contributed by atoms with Crippen molar-refractivity contribution in [2.45, 2.75) is 32.2 Å². The van der Waals surface area contributed by atoms with Gasteiger partial charge in [-0.1, -0.05) is 0 Å². The lowest BCUT2D eigenvalue weighted by molar-refractivity contribution is -0.123. The molecule has 5 N–H and O–H groups in total. The Morgan fingerprint density at radius 2 is 2.00 bits per heavy atom. The minimum Gasteiger partial charge on any atom is -0.377 e. The highest BCUT2D eigenvalue weighted by Crippen LogP contribution is 1.88. The van der Waals surface area contributed by atoms with Crippen molar-refractivity contribution in [2.24, 2.45) is 5.73 Å². The predicted molar refractivity (Wildman–Crippen MR) is 46.3 cm³/mol. The van der Waals surface area contributed by atoms with Gasteiger partial charge >= 0.3 is 0 Å². The first-order chi connectivity index (χ1) is 5.49. The maximum Gasteiger partial charge on any atom is 0.236 e. The largest absolute Gasteiger partial charge is 0.377 e. The van der Waals surface area contributed by atoms with Crippen molar-refractivity contribution in [3.63, 3.8) is 0 Å². The predicted octanol–water partition coefficient (Wildman–Crippen LogP) is -1.62. The van der Waals surface area contributed by atoms with Gasteiger partial charge in [-0.2, -0.15) is 0 Å². The number of nitrogens with two attached hydrogens (primary N) is 1. The van der Waals surface area contributed by atoms with Gasteiger partial charge in [0.25, 0.3) is 0 Å². The van der Waals surface area contributed by atoms with Crippen molar-refractivity contribution in [1.82, 2.24) is 10.6 Å². The molecule has 0 bridgehead atoms. The number of hydrogen-bond acceptors (Lipinski definition) is 4. The van der Waals surface area contributed by atoms with Crippen LogP contribution in [0.3, 0.4) is 0 Å². The fourth-order valence-corrected chi connectivity index (χ4v) is 0.700. The lowest BCUT2D eigenvalue weighted by Crippen LogP contribution is -2.51. The lowest BCUT2D eigenvalue weighted by atomic mass is 10.2. The molecule has 0 aromatic rings. The van der Waals surface area contributed by atoms with Crippen LogP contribution in [0.2, 0.25) is 0 Å². The van der Waals surface area contributed by atoms with Gasteiger partial charge in [0.05, 0.1) is 6.04 Å². The molecule has 0 aliphatic rings. The van der Waals surface area contributed by atoms with Crippen LogP contribution >= 0.6 is 0 Å². The van der Waals surface area contributed by atoms with Gasteiger partial charge in [-0.15, -0.1) is 0 Å². The number of aliphatic hydroxyl groups excluding tert-OH is 1. The summed E-state index contributed by atoms with van der Waals surface area (Å²) in [6.45, 7) is 3.32. The summed E-state index contributed by atoms with van der Waals surface area (Å²) < 4.78 is 0. The summed E-state index contributed by atoms with van der Waals surface area (Å²) in [6, 6.07) is -0.826. The molecule has 0 radical (unpaired) electrons. The van der Waals surface area contributed by atoms with Gasteiger partial charge in [-0.25, -0.2) is 0 Å². The average molecular weight is 175 g/mol. The van der Waals surface area contributed by atoms with Crippen LogP contribution < -0.4 is 16.4 Å². The zero-order valence-corrected chi connectivity index (χ0v) is 7.66. The first-order valence-electron chi connectivity index (χ1n) is 3.90. The van der Waals surface area contributed by atoms with Crippen molar-refractivity contribution < 1.29 is 9.90 Å². The highest BCUT2D eigenvalue weighted by atomic mass is 16.3. The molecule has 3 atom stereocenters. The van der Waals surface area contributed by atoms with E-state index in [0.717, 1.165) is 0 Å². The monoisotopic (exact) mass is 175 g/mol. The van der Waals surface area contributed by atoms with Crippen LogP contribution in [0.4, 0.5) is 0 Å². The molecule has 72 valence electrons. The average Bonchev–Trinajstić information content (AvgIpc) is 2.02. The van der Waals surface area contributed by atoms with Crippen molar-refractivity contribution in [1.29, 1.82) is 0 Å². The van der Waals surface area contributed by atoms with Crippen LogP contribution in [0.1, 0.15) is 13.8 Å². The van der Waals surface area contributed by atoms with Gasteiger partial charge in [0, 0.05) is 13.1 Å². The summed E-state index contributed by atoms with van der Waals surface area (Å²) in [6.07, 6.45) is -0.850. The zero-order valence-electron chi connectivity index (χ0n) is 7.66. The minimum absolute atomic E-state index is 0.172. The number of likely N-dealkylation sites (N-methyl/N-ethyl adjacent to an activating group) is 1. The van der Waals surface area contributed by atoms with E-state index < -0.39 is 18.3 Å². The number of nitrogens with one attached hydrogen (secondary N) is 2. The Balaban J connectivity index is 3.83. The molecule has 5 heteroatoms.